The molecule has 1 aromatic carbocycles. The molecule has 112 valence electrons. The normalized spacial score (nSPS) is 23.6. The zero-order chi connectivity index (χ0) is 14.7. The third-order valence-corrected chi connectivity index (χ3v) is 4.67. The second kappa shape index (κ2) is 6.68. The first-order valence-electron chi connectivity index (χ1n) is 7.10. The first-order valence-corrected chi connectivity index (χ1v) is 7.54. The molecule has 1 aromatic rings. The number of alkyl halides is 1. The van der Waals surface area contributed by atoms with Crippen LogP contribution in [0.15, 0.2) is 12.1 Å². The Bertz CT molecular complexity index is 461. The number of hydrogen-bond acceptors (Lipinski definition) is 3. The number of rotatable bonds is 5. The second-order valence-electron chi connectivity index (χ2n) is 5.24. The fourth-order valence-corrected chi connectivity index (χ4v) is 3.47. The summed E-state index contributed by atoms with van der Waals surface area (Å²) in [7, 11) is 3.29. The Balaban J connectivity index is 2.31. The third kappa shape index (κ3) is 2.89. The first-order chi connectivity index (χ1) is 9.62. The minimum absolute atomic E-state index is 0.0535. The molecule has 3 unspecified atom stereocenters. The van der Waals surface area contributed by atoms with Crippen molar-refractivity contribution >= 4 is 11.6 Å². The van der Waals surface area contributed by atoms with Gasteiger partial charge in [0.05, 0.1) is 25.7 Å². The van der Waals surface area contributed by atoms with Crippen molar-refractivity contribution < 1.29 is 14.2 Å². The van der Waals surface area contributed by atoms with Crippen LogP contribution in [0.1, 0.15) is 36.3 Å². The predicted octanol–water partition coefficient (Wildman–Crippen LogP) is 4.11. The minimum atomic E-state index is -0.0535. The lowest BCUT2D eigenvalue weighted by Gasteiger charge is -2.24. The molecule has 0 saturated carbocycles. The van der Waals surface area contributed by atoms with E-state index in [1.54, 1.807) is 14.2 Å². The highest BCUT2D eigenvalue weighted by atomic mass is 35.5. The van der Waals surface area contributed by atoms with E-state index >= 15 is 0 Å². The lowest BCUT2D eigenvalue weighted by Crippen LogP contribution is -2.19. The Labute approximate surface area is 126 Å². The highest BCUT2D eigenvalue weighted by Gasteiger charge is 2.34. The Kier molecular flexibility index (Phi) is 5.17. The van der Waals surface area contributed by atoms with E-state index in [1.165, 1.54) is 0 Å². The van der Waals surface area contributed by atoms with Gasteiger partial charge in [0.1, 0.15) is 0 Å². The maximum absolute atomic E-state index is 6.74. The number of aryl methyl sites for hydroxylation is 1. The number of halogens is 1. The number of methoxy groups -OCH3 is 2. The molecule has 0 aliphatic carbocycles. The van der Waals surface area contributed by atoms with Gasteiger partial charge in [-0.3, -0.25) is 0 Å². The molecule has 0 bridgehead atoms. The molecule has 2 rings (SSSR count). The van der Waals surface area contributed by atoms with E-state index in [2.05, 4.69) is 13.8 Å². The van der Waals surface area contributed by atoms with Crippen LogP contribution in [0, 0.1) is 12.8 Å². The molecule has 1 fully saturated rings. The summed E-state index contributed by atoms with van der Waals surface area (Å²) in [6.45, 7) is 5.01. The molecule has 0 aromatic heterocycles. The molecule has 1 aliphatic heterocycles. The van der Waals surface area contributed by atoms with Crippen molar-refractivity contribution in [2.75, 3.05) is 20.8 Å². The summed E-state index contributed by atoms with van der Waals surface area (Å²) in [5.41, 5.74) is 2.24. The Morgan fingerprint density at radius 1 is 1.30 bits per heavy atom. The molecular formula is C16H23ClO3. The third-order valence-electron chi connectivity index (χ3n) is 4.11. The van der Waals surface area contributed by atoms with Gasteiger partial charge in [-0.15, -0.1) is 11.6 Å². The topological polar surface area (TPSA) is 27.7 Å². The summed E-state index contributed by atoms with van der Waals surface area (Å²) < 4.78 is 16.5. The van der Waals surface area contributed by atoms with E-state index in [0.717, 1.165) is 42.1 Å². The van der Waals surface area contributed by atoms with Crippen LogP contribution in [0.2, 0.25) is 0 Å². The van der Waals surface area contributed by atoms with Crippen molar-refractivity contribution in [2.45, 2.75) is 38.2 Å². The van der Waals surface area contributed by atoms with Crippen LogP contribution in [-0.2, 0) is 4.74 Å². The summed E-state index contributed by atoms with van der Waals surface area (Å²) in [5.74, 6) is 1.83. The molecule has 1 heterocycles. The Hall–Kier alpha value is -0.930. The number of ether oxygens (including phenoxy) is 3. The Morgan fingerprint density at radius 3 is 2.55 bits per heavy atom. The van der Waals surface area contributed by atoms with Crippen molar-refractivity contribution in [1.82, 2.24) is 0 Å². The zero-order valence-corrected chi connectivity index (χ0v) is 13.4. The molecular weight excluding hydrogens is 276 g/mol. The largest absolute Gasteiger partial charge is 0.493 e. The van der Waals surface area contributed by atoms with Crippen LogP contribution in [-0.4, -0.2) is 26.9 Å². The standard InChI is InChI=1S/C16H23ClO3/c1-5-13-11(6-7-20-13)16(17)12-9-15(19-4)14(18-3)8-10(12)2/h8-9,11,13,16H,5-7H2,1-4H3. The Morgan fingerprint density at radius 2 is 1.95 bits per heavy atom. The number of hydrogen-bond donors (Lipinski definition) is 0. The number of benzene rings is 1. The fourth-order valence-electron chi connectivity index (χ4n) is 2.94. The molecule has 0 spiro atoms. The van der Waals surface area contributed by atoms with E-state index in [-0.39, 0.29) is 11.5 Å². The van der Waals surface area contributed by atoms with E-state index in [1.807, 2.05) is 12.1 Å². The van der Waals surface area contributed by atoms with Gasteiger partial charge in [-0.25, -0.2) is 0 Å². The maximum atomic E-state index is 6.74. The summed E-state index contributed by atoms with van der Waals surface area (Å²) in [6.07, 6.45) is 2.27. The molecule has 1 aliphatic rings. The predicted molar refractivity (Wildman–Crippen MR) is 81.0 cm³/mol. The average Bonchev–Trinajstić information content (AvgIpc) is 2.94. The van der Waals surface area contributed by atoms with Crippen LogP contribution in [0.3, 0.4) is 0 Å². The van der Waals surface area contributed by atoms with Crippen molar-refractivity contribution in [2.24, 2.45) is 5.92 Å². The van der Waals surface area contributed by atoms with Crippen LogP contribution < -0.4 is 9.47 Å². The van der Waals surface area contributed by atoms with Crippen LogP contribution in [0.4, 0.5) is 0 Å². The molecule has 0 amide bonds. The van der Waals surface area contributed by atoms with Crippen LogP contribution in [0.25, 0.3) is 0 Å². The highest BCUT2D eigenvalue weighted by Crippen LogP contribution is 2.43. The fraction of sp³-hybridized carbons (Fsp3) is 0.625. The molecule has 0 radical (unpaired) electrons. The second-order valence-corrected chi connectivity index (χ2v) is 5.71. The molecule has 0 N–H and O–H groups in total. The van der Waals surface area contributed by atoms with Gasteiger partial charge < -0.3 is 14.2 Å². The van der Waals surface area contributed by atoms with Crippen LogP contribution >= 0.6 is 11.6 Å². The van der Waals surface area contributed by atoms with E-state index in [0.29, 0.717) is 5.92 Å². The molecule has 3 nitrogen and oxygen atoms in total. The first kappa shape index (κ1) is 15.5. The summed E-state index contributed by atoms with van der Waals surface area (Å²) >= 11 is 6.74. The molecule has 4 heteroatoms. The average molecular weight is 299 g/mol. The van der Waals surface area contributed by atoms with Crippen molar-refractivity contribution in [1.29, 1.82) is 0 Å². The van der Waals surface area contributed by atoms with Gasteiger partial charge in [0.25, 0.3) is 0 Å². The lowest BCUT2D eigenvalue weighted by molar-refractivity contribution is 0.0864. The van der Waals surface area contributed by atoms with Gasteiger partial charge in [0.2, 0.25) is 0 Å². The van der Waals surface area contributed by atoms with Crippen molar-refractivity contribution in [3.05, 3.63) is 23.3 Å². The summed E-state index contributed by atoms with van der Waals surface area (Å²) in [5, 5.41) is -0.0535. The highest BCUT2D eigenvalue weighted by molar-refractivity contribution is 6.21. The van der Waals surface area contributed by atoms with Crippen molar-refractivity contribution in [3.8, 4) is 11.5 Å². The van der Waals surface area contributed by atoms with Gasteiger partial charge in [-0.1, -0.05) is 6.92 Å². The zero-order valence-electron chi connectivity index (χ0n) is 12.6. The monoisotopic (exact) mass is 298 g/mol. The van der Waals surface area contributed by atoms with E-state index in [9.17, 15) is 0 Å². The van der Waals surface area contributed by atoms with Gasteiger partial charge in [0.15, 0.2) is 11.5 Å². The van der Waals surface area contributed by atoms with Gasteiger partial charge in [-0.05, 0) is 43.0 Å². The van der Waals surface area contributed by atoms with Gasteiger partial charge >= 0.3 is 0 Å². The van der Waals surface area contributed by atoms with Crippen LogP contribution in [0.5, 0.6) is 11.5 Å². The van der Waals surface area contributed by atoms with E-state index in [4.69, 9.17) is 25.8 Å². The SMILES string of the molecule is CCC1OCCC1C(Cl)c1cc(OC)c(OC)cc1C. The quantitative estimate of drug-likeness (QED) is 0.766. The maximum Gasteiger partial charge on any atom is 0.161 e. The molecule has 3 atom stereocenters. The van der Waals surface area contributed by atoms with Gasteiger partial charge in [0, 0.05) is 12.5 Å². The smallest absolute Gasteiger partial charge is 0.161 e. The van der Waals surface area contributed by atoms with E-state index < -0.39 is 0 Å². The van der Waals surface area contributed by atoms with Crippen molar-refractivity contribution in [3.63, 3.8) is 0 Å². The molecule has 20 heavy (non-hydrogen) atoms. The summed E-state index contributed by atoms with van der Waals surface area (Å²) in [6, 6.07) is 3.98. The summed E-state index contributed by atoms with van der Waals surface area (Å²) in [4.78, 5) is 0. The van der Waals surface area contributed by atoms with Gasteiger partial charge in [-0.2, -0.15) is 0 Å². The minimum Gasteiger partial charge on any atom is -0.493 e. The molecule has 1 saturated heterocycles. The lowest BCUT2D eigenvalue weighted by atomic mass is 9.89.